The fraction of sp³-hybridized carbons (Fsp3) is 0.909. The van der Waals surface area contributed by atoms with Crippen molar-refractivity contribution in [3.05, 3.63) is 0 Å². The van der Waals surface area contributed by atoms with Gasteiger partial charge in [-0.1, -0.05) is 0 Å². The average Bonchev–Trinajstić information content (AvgIpc) is 2.74. The Labute approximate surface area is 103 Å². The van der Waals surface area contributed by atoms with Crippen LogP contribution in [0.2, 0.25) is 0 Å². The fourth-order valence-electron chi connectivity index (χ4n) is 2.34. The monoisotopic (exact) mass is 248 g/mol. The highest BCUT2D eigenvalue weighted by atomic mass is 35.5. The number of nitrogens with one attached hydrogen (secondary N) is 1. The van der Waals surface area contributed by atoms with Gasteiger partial charge >= 0.3 is 0 Å². The molecule has 1 aliphatic heterocycles. The number of hydrogen-bond acceptors (Lipinski definition) is 3. The highest BCUT2D eigenvalue weighted by Crippen LogP contribution is 2.18. The molecule has 1 heterocycles. The third-order valence-corrected chi connectivity index (χ3v) is 3.34. The second kappa shape index (κ2) is 6.42. The number of carbonyl (C=O) groups is 1. The SMILES string of the molecule is Cl.NC1CCC(NC(=O)[C@H]2CCCO2)CC1. The molecule has 1 atom stereocenters. The van der Waals surface area contributed by atoms with Gasteiger partial charge in [0, 0.05) is 18.7 Å². The van der Waals surface area contributed by atoms with E-state index in [4.69, 9.17) is 10.5 Å². The molecule has 0 aromatic rings. The number of carbonyl (C=O) groups excluding carboxylic acids is 1. The molecule has 0 aromatic carbocycles. The molecular formula is C11H21ClN2O2. The number of amides is 1. The second-order valence-electron chi connectivity index (χ2n) is 4.62. The van der Waals surface area contributed by atoms with Crippen LogP contribution in [0, 0.1) is 0 Å². The Bertz CT molecular complexity index is 224. The highest BCUT2D eigenvalue weighted by Gasteiger charge is 2.27. The molecule has 2 fully saturated rings. The van der Waals surface area contributed by atoms with E-state index < -0.39 is 0 Å². The molecule has 1 amide bonds. The first kappa shape index (κ1) is 13.7. The molecule has 4 nitrogen and oxygen atoms in total. The van der Waals surface area contributed by atoms with Crippen molar-refractivity contribution < 1.29 is 9.53 Å². The van der Waals surface area contributed by atoms with Crippen LogP contribution >= 0.6 is 12.4 Å². The summed E-state index contributed by atoms with van der Waals surface area (Å²) in [6.07, 6.45) is 5.76. The van der Waals surface area contributed by atoms with Gasteiger partial charge in [0.2, 0.25) is 5.91 Å². The summed E-state index contributed by atoms with van der Waals surface area (Å²) in [7, 11) is 0. The number of nitrogens with two attached hydrogens (primary N) is 1. The van der Waals surface area contributed by atoms with Gasteiger partial charge in [0.15, 0.2) is 0 Å². The van der Waals surface area contributed by atoms with E-state index in [-0.39, 0.29) is 24.4 Å². The summed E-state index contributed by atoms with van der Waals surface area (Å²) in [4.78, 5) is 11.7. The standard InChI is InChI=1S/C11H20N2O2.ClH/c12-8-3-5-9(6-4-8)13-11(14)10-2-1-7-15-10;/h8-10H,1-7,12H2,(H,13,14);1H/t8?,9?,10-;/m1./s1. The van der Waals surface area contributed by atoms with Crippen LogP contribution in [0.1, 0.15) is 38.5 Å². The van der Waals surface area contributed by atoms with E-state index >= 15 is 0 Å². The first-order valence-electron chi connectivity index (χ1n) is 5.93. The molecule has 1 saturated carbocycles. The lowest BCUT2D eigenvalue weighted by molar-refractivity contribution is -0.131. The molecule has 5 heteroatoms. The normalized spacial score (nSPS) is 34.2. The summed E-state index contributed by atoms with van der Waals surface area (Å²) < 4.78 is 5.34. The first-order valence-corrected chi connectivity index (χ1v) is 5.93. The fourth-order valence-corrected chi connectivity index (χ4v) is 2.34. The topological polar surface area (TPSA) is 64.3 Å². The van der Waals surface area contributed by atoms with Crippen molar-refractivity contribution in [2.75, 3.05) is 6.61 Å². The van der Waals surface area contributed by atoms with E-state index in [2.05, 4.69) is 5.32 Å². The Morgan fingerprint density at radius 2 is 1.88 bits per heavy atom. The molecule has 3 N–H and O–H groups in total. The number of ether oxygens (including phenoxy) is 1. The maximum Gasteiger partial charge on any atom is 0.249 e. The Kier molecular flexibility index (Phi) is 5.52. The van der Waals surface area contributed by atoms with Crippen LogP contribution in [0.25, 0.3) is 0 Å². The van der Waals surface area contributed by atoms with Crippen LogP contribution in [0.4, 0.5) is 0 Å². The summed E-state index contributed by atoms with van der Waals surface area (Å²) in [6, 6.07) is 0.655. The second-order valence-corrected chi connectivity index (χ2v) is 4.62. The van der Waals surface area contributed by atoms with E-state index in [1.54, 1.807) is 0 Å². The number of hydrogen-bond donors (Lipinski definition) is 2. The van der Waals surface area contributed by atoms with Gasteiger partial charge < -0.3 is 15.8 Å². The lowest BCUT2D eigenvalue weighted by atomic mass is 9.91. The van der Waals surface area contributed by atoms with Gasteiger partial charge in [0.05, 0.1) is 0 Å². The molecule has 0 radical (unpaired) electrons. The molecular weight excluding hydrogens is 228 g/mol. The molecule has 94 valence electrons. The molecule has 0 spiro atoms. The summed E-state index contributed by atoms with van der Waals surface area (Å²) in [5.74, 6) is 0.0768. The highest BCUT2D eigenvalue weighted by molar-refractivity contribution is 5.85. The van der Waals surface area contributed by atoms with Gasteiger partial charge in [-0.25, -0.2) is 0 Å². The maximum atomic E-state index is 11.7. The van der Waals surface area contributed by atoms with Crippen molar-refractivity contribution in [2.24, 2.45) is 5.73 Å². The molecule has 2 aliphatic rings. The Balaban J connectivity index is 0.00000128. The average molecular weight is 249 g/mol. The van der Waals surface area contributed by atoms with Crippen LogP contribution in [-0.2, 0) is 9.53 Å². The Hall–Kier alpha value is -0.320. The number of rotatable bonds is 2. The van der Waals surface area contributed by atoms with E-state index in [9.17, 15) is 4.79 Å². The third kappa shape index (κ3) is 3.61. The molecule has 0 aromatic heterocycles. The van der Waals surface area contributed by atoms with E-state index in [0.717, 1.165) is 45.1 Å². The van der Waals surface area contributed by atoms with Crippen molar-refractivity contribution in [3.63, 3.8) is 0 Å². The smallest absolute Gasteiger partial charge is 0.249 e. The van der Waals surface area contributed by atoms with Crippen molar-refractivity contribution in [1.82, 2.24) is 5.32 Å². The number of halogens is 1. The van der Waals surface area contributed by atoms with Crippen LogP contribution in [0.5, 0.6) is 0 Å². The minimum Gasteiger partial charge on any atom is -0.368 e. The van der Waals surface area contributed by atoms with Crippen molar-refractivity contribution >= 4 is 18.3 Å². The van der Waals surface area contributed by atoms with Crippen molar-refractivity contribution in [1.29, 1.82) is 0 Å². The Morgan fingerprint density at radius 1 is 1.19 bits per heavy atom. The summed E-state index contributed by atoms with van der Waals surface area (Å²) in [6.45, 7) is 0.730. The summed E-state index contributed by atoms with van der Waals surface area (Å²) >= 11 is 0. The maximum absolute atomic E-state index is 11.7. The Morgan fingerprint density at radius 3 is 2.44 bits per heavy atom. The van der Waals surface area contributed by atoms with Crippen molar-refractivity contribution in [3.8, 4) is 0 Å². The van der Waals surface area contributed by atoms with Crippen LogP contribution in [0.3, 0.4) is 0 Å². The summed E-state index contributed by atoms with van der Waals surface area (Å²) in [5, 5.41) is 3.06. The van der Waals surface area contributed by atoms with Gasteiger partial charge in [-0.2, -0.15) is 0 Å². The van der Waals surface area contributed by atoms with Gasteiger partial charge in [-0.3, -0.25) is 4.79 Å². The zero-order valence-electron chi connectivity index (χ0n) is 9.48. The van der Waals surface area contributed by atoms with E-state index in [1.165, 1.54) is 0 Å². The molecule has 1 aliphatic carbocycles. The molecule has 2 rings (SSSR count). The lowest BCUT2D eigenvalue weighted by Gasteiger charge is -2.27. The third-order valence-electron chi connectivity index (χ3n) is 3.34. The zero-order valence-corrected chi connectivity index (χ0v) is 10.3. The molecule has 0 bridgehead atoms. The minimum absolute atomic E-state index is 0. The van der Waals surface area contributed by atoms with Gasteiger partial charge in [0.25, 0.3) is 0 Å². The zero-order chi connectivity index (χ0) is 10.7. The van der Waals surface area contributed by atoms with E-state index in [0.29, 0.717) is 12.1 Å². The molecule has 16 heavy (non-hydrogen) atoms. The van der Waals surface area contributed by atoms with Crippen LogP contribution < -0.4 is 11.1 Å². The van der Waals surface area contributed by atoms with Gasteiger partial charge in [0.1, 0.15) is 6.10 Å². The predicted octanol–water partition coefficient (Wildman–Crippen LogP) is 0.973. The quantitative estimate of drug-likeness (QED) is 0.766. The first-order chi connectivity index (χ1) is 7.25. The molecule has 0 unspecified atom stereocenters. The predicted molar refractivity (Wildman–Crippen MR) is 64.6 cm³/mol. The van der Waals surface area contributed by atoms with Gasteiger partial charge in [-0.05, 0) is 38.5 Å². The van der Waals surface area contributed by atoms with Gasteiger partial charge in [-0.15, -0.1) is 12.4 Å². The van der Waals surface area contributed by atoms with Crippen LogP contribution in [-0.4, -0.2) is 30.7 Å². The largest absolute Gasteiger partial charge is 0.368 e. The lowest BCUT2D eigenvalue weighted by Crippen LogP contribution is -2.44. The van der Waals surface area contributed by atoms with Crippen LogP contribution in [0.15, 0.2) is 0 Å². The summed E-state index contributed by atoms with van der Waals surface area (Å²) in [5.41, 5.74) is 5.81. The van der Waals surface area contributed by atoms with Crippen molar-refractivity contribution in [2.45, 2.75) is 56.7 Å². The molecule has 1 saturated heterocycles. The van der Waals surface area contributed by atoms with E-state index in [1.807, 2.05) is 0 Å². The minimum atomic E-state index is -0.194.